The molecular weight excluding hydrogens is 108 g/mol. The second-order valence-corrected chi connectivity index (χ2v) is 1.33. The minimum absolute atomic E-state index is 0.118. The van der Waals surface area contributed by atoms with Crippen molar-refractivity contribution >= 4 is 0 Å². The highest BCUT2D eigenvalue weighted by Gasteiger charge is 1.97. The van der Waals surface area contributed by atoms with Gasteiger partial charge in [-0.1, -0.05) is 0 Å². The molecule has 0 aromatic heterocycles. The van der Waals surface area contributed by atoms with E-state index in [2.05, 4.69) is 5.32 Å². The number of hydrogen-bond donors (Lipinski definition) is 3. The molecule has 1 unspecified atom stereocenters. The summed E-state index contributed by atoms with van der Waals surface area (Å²) in [5, 5.41) is 26.7. The van der Waals surface area contributed by atoms with Crippen LogP contribution in [-0.2, 0) is 0 Å². The summed E-state index contributed by atoms with van der Waals surface area (Å²) in [6, 6.07) is 0. The van der Waals surface area contributed by atoms with Crippen LogP contribution in [0.15, 0.2) is 0 Å². The van der Waals surface area contributed by atoms with E-state index in [1.807, 2.05) is 0 Å². The highest BCUT2D eigenvalue weighted by atomic mass is 16.3. The van der Waals surface area contributed by atoms with Crippen LogP contribution in [0.4, 0.5) is 0 Å². The van der Waals surface area contributed by atoms with Crippen LogP contribution >= 0.6 is 0 Å². The Hall–Kier alpha value is -0.790. The van der Waals surface area contributed by atoms with Gasteiger partial charge in [-0.2, -0.15) is 5.26 Å². The van der Waals surface area contributed by atoms with Gasteiger partial charge in [-0.25, -0.2) is 0 Å². The first-order valence-electron chi connectivity index (χ1n) is 2.22. The minimum Gasteiger partial charge on any atom is -0.394 e. The molecule has 8 heavy (non-hydrogen) atoms. The van der Waals surface area contributed by atoms with Crippen molar-refractivity contribution in [3.05, 3.63) is 0 Å². The smallest absolute Gasteiger partial charge is 0.176 e. The second kappa shape index (κ2) is 4.37. The largest absolute Gasteiger partial charge is 0.394 e. The van der Waals surface area contributed by atoms with Gasteiger partial charge in [0.1, 0.15) is 0 Å². The molecule has 4 nitrogen and oxygen atoms in total. The van der Waals surface area contributed by atoms with Crippen LogP contribution in [0.3, 0.4) is 0 Å². The average molecular weight is 116 g/mol. The zero-order valence-electron chi connectivity index (χ0n) is 4.33. The Bertz CT molecular complexity index is 88.5. The fraction of sp³-hybridized carbons (Fsp3) is 0.750. The van der Waals surface area contributed by atoms with Crippen LogP contribution < -0.4 is 5.32 Å². The maximum absolute atomic E-state index is 8.53. The molecule has 1 atom stereocenters. The monoisotopic (exact) mass is 116 g/mol. The molecule has 0 fully saturated rings. The summed E-state index contributed by atoms with van der Waals surface area (Å²) in [5.74, 6) is 0. The second-order valence-electron chi connectivity index (χ2n) is 1.33. The summed E-state index contributed by atoms with van der Waals surface area (Å²) in [4.78, 5) is 0. The molecule has 0 aromatic rings. The minimum atomic E-state index is -0.824. The lowest BCUT2D eigenvalue weighted by Gasteiger charge is -2.01. The van der Waals surface area contributed by atoms with E-state index in [0.717, 1.165) is 0 Å². The SMILES string of the molecule is N#CNCC(O)CO. The maximum Gasteiger partial charge on any atom is 0.176 e. The molecule has 0 saturated carbocycles. The van der Waals surface area contributed by atoms with Crippen LogP contribution in [0.5, 0.6) is 0 Å². The van der Waals surface area contributed by atoms with Crippen LogP contribution in [0, 0.1) is 11.5 Å². The van der Waals surface area contributed by atoms with Crippen LogP contribution in [0.25, 0.3) is 0 Å². The van der Waals surface area contributed by atoms with Crippen molar-refractivity contribution in [3.8, 4) is 6.19 Å². The lowest BCUT2D eigenvalue weighted by Crippen LogP contribution is -2.25. The molecule has 0 saturated heterocycles. The van der Waals surface area contributed by atoms with E-state index in [1.54, 1.807) is 6.19 Å². The van der Waals surface area contributed by atoms with Gasteiger partial charge in [0.05, 0.1) is 19.3 Å². The van der Waals surface area contributed by atoms with E-state index >= 15 is 0 Å². The quantitative estimate of drug-likeness (QED) is 0.307. The molecular formula is C4H8N2O2. The van der Waals surface area contributed by atoms with Crippen LogP contribution in [0.1, 0.15) is 0 Å². The Balaban J connectivity index is 3.01. The Morgan fingerprint density at radius 3 is 2.75 bits per heavy atom. The van der Waals surface area contributed by atoms with E-state index in [0.29, 0.717) is 0 Å². The summed E-state index contributed by atoms with van der Waals surface area (Å²) in [6.45, 7) is -0.193. The fourth-order valence-corrected chi connectivity index (χ4v) is 0.228. The normalized spacial score (nSPS) is 12.1. The first-order chi connectivity index (χ1) is 3.81. The standard InChI is InChI=1S/C4H8N2O2/c5-3-6-1-4(8)2-7/h4,6-8H,1-2H2. The van der Waals surface area contributed by atoms with E-state index in [1.165, 1.54) is 0 Å². The van der Waals surface area contributed by atoms with E-state index in [-0.39, 0.29) is 13.2 Å². The molecule has 0 aliphatic heterocycles. The molecule has 3 N–H and O–H groups in total. The van der Waals surface area contributed by atoms with Crippen molar-refractivity contribution in [2.24, 2.45) is 0 Å². The summed E-state index contributed by atoms with van der Waals surface area (Å²) in [5.41, 5.74) is 0. The predicted octanol–water partition coefficient (Wildman–Crippen LogP) is -1.59. The Morgan fingerprint density at radius 2 is 2.38 bits per heavy atom. The third-order valence-electron chi connectivity index (χ3n) is 0.627. The number of nitrogens with zero attached hydrogens (tertiary/aromatic N) is 1. The van der Waals surface area contributed by atoms with Crippen molar-refractivity contribution in [2.75, 3.05) is 13.2 Å². The predicted molar refractivity (Wildman–Crippen MR) is 26.7 cm³/mol. The van der Waals surface area contributed by atoms with Gasteiger partial charge in [0.15, 0.2) is 6.19 Å². The molecule has 46 valence electrons. The molecule has 4 heteroatoms. The number of aliphatic hydroxyl groups is 2. The molecule has 0 heterocycles. The number of nitriles is 1. The van der Waals surface area contributed by atoms with Gasteiger partial charge in [-0.05, 0) is 0 Å². The maximum atomic E-state index is 8.53. The Morgan fingerprint density at radius 1 is 1.75 bits per heavy atom. The first kappa shape index (κ1) is 7.21. The first-order valence-corrected chi connectivity index (χ1v) is 2.22. The molecule has 0 bridgehead atoms. The molecule has 0 spiro atoms. The van der Waals surface area contributed by atoms with Gasteiger partial charge in [0.2, 0.25) is 0 Å². The van der Waals surface area contributed by atoms with E-state index in [4.69, 9.17) is 15.5 Å². The molecule has 0 rings (SSSR count). The lowest BCUT2D eigenvalue weighted by atomic mass is 10.4. The number of hydrogen-bond acceptors (Lipinski definition) is 4. The molecule has 0 aromatic carbocycles. The van der Waals surface area contributed by atoms with E-state index in [9.17, 15) is 0 Å². The number of nitrogens with one attached hydrogen (secondary N) is 1. The molecule has 0 amide bonds. The van der Waals surface area contributed by atoms with Gasteiger partial charge >= 0.3 is 0 Å². The van der Waals surface area contributed by atoms with Crippen molar-refractivity contribution in [2.45, 2.75) is 6.10 Å². The van der Waals surface area contributed by atoms with Gasteiger partial charge in [0, 0.05) is 0 Å². The van der Waals surface area contributed by atoms with Gasteiger partial charge in [0.25, 0.3) is 0 Å². The Kier molecular flexibility index (Phi) is 3.94. The van der Waals surface area contributed by atoms with Crippen molar-refractivity contribution in [1.29, 1.82) is 5.26 Å². The molecule has 0 radical (unpaired) electrons. The van der Waals surface area contributed by atoms with Gasteiger partial charge < -0.3 is 15.5 Å². The average Bonchev–Trinajstić information content (AvgIpc) is 1.83. The number of rotatable bonds is 3. The molecule has 0 aliphatic rings. The van der Waals surface area contributed by atoms with Gasteiger partial charge in [-0.15, -0.1) is 0 Å². The summed E-state index contributed by atoms with van der Waals surface area (Å²) < 4.78 is 0. The van der Waals surface area contributed by atoms with Crippen LogP contribution in [0.2, 0.25) is 0 Å². The van der Waals surface area contributed by atoms with Crippen molar-refractivity contribution in [1.82, 2.24) is 5.32 Å². The zero-order chi connectivity index (χ0) is 6.41. The third kappa shape index (κ3) is 3.40. The summed E-state index contributed by atoms with van der Waals surface area (Å²) in [6.07, 6.45) is 0.787. The molecule has 0 aliphatic carbocycles. The highest BCUT2D eigenvalue weighted by Crippen LogP contribution is 1.73. The zero-order valence-corrected chi connectivity index (χ0v) is 4.33. The topological polar surface area (TPSA) is 76.3 Å². The number of aliphatic hydroxyl groups excluding tert-OH is 2. The third-order valence-corrected chi connectivity index (χ3v) is 0.627. The summed E-state index contributed by atoms with van der Waals surface area (Å²) in [7, 11) is 0. The summed E-state index contributed by atoms with van der Waals surface area (Å²) >= 11 is 0. The lowest BCUT2D eigenvalue weighted by molar-refractivity contribution is 0.0976. The van der Waals surface area contributed by atoms with Crippen molar-refractivity contribution < 1.29 is 10.2 Å². The Labute approximate surface area is 47.4 Å². The van der Waals surface area contributed by atoms with Crippen LogP contribution in [-0.4, -0.2) is 29.5 Å². The highest BCUT2D eigenvalue weighted by molar-refractivity contribution is 4.68. The van der Waals surface area contributed by atoms with Gasteiger partial charge in [-0.3, -0.25) is 0 Å². The van der Waals surface area contributed by atoms with E-state index < -0.39 is 6.10 Å². The van der Waals surface area contributed by atoms with Crippen molar-refractivity contribution in [3.63, 3.8) is 0 Å². The fourth-order valence-electron chi connectivity index (χ4n) is 0.228.